The monoisotopic (exact) mass is 346 g/mol. The molecule has 1 aromatic carbocycles. The van der Waals surface area contributed by atoms with Crippen molar-refractivity contribution in [3.8, 4) is 5.75 Å². The highest BCUT2D eigenvalue weighted by Crippen LogP contribution is 2.35. The zero-order valence-electron chi connectivity index (χ0n) is 13.4. The third-order valence-electron chi connectivity index (χ3n) is 3.46. The van der Waals surface area contributed by atoms with Gasteiger partial charge < -0.3 is 20.1 Å². The van der Waals surface area contributed by atoms with E-state index in [2.05, 4.69) is 10.6 Å². The van der Waals surface area contributed by atoms with Crippen molar-refractivity contribution >= 4 is 11.6 Å². The molecule has 8 heteroatoms. The molecular weight excluding hydrogens is 325 g/mol. The standard InChI is InChI=1S/C16H21F3N2O3/c1-2-6-24-14-4-3-11(16(17,18)19)8-13(14)21-15(22)9-12-10-20-5-7-23-12/h3-4,8,12,20H,2,5-7,9-10H2,1H3,(H,21,22)/t12-/m1/s1. The normalized spacial score (nSPS) is 18.2. The molecule has 1 amide bonds. The lowest BCUT2D eigenvalue weighted by molar-refractivity contribution is -0.137. The molecule has 1 aliphatic rings. The van der Waals surface area contributed by atoms with Crippen molar-refractivity contribution in [1.82, 2.24) is 5.32 Å². The number of nitrogens with one attached hydrogen (secondary N) is 2. The van der Waals surface area contributed by atoms with Crippen LogP contribution in [0.4, 0.5) is 18.9 Å². The lowest BCUT2D eigenvalue weighted by Gasteiger charge is -2.23. The number of benzene rings is 1. The van der Waals surface area contributed by atoms with Crippen LogP contribution in [0.25, 0.3) is 0 Å². The molecule has 24 heavy (non-hydrogen) atoms. The number of alkyl halides is 3. The quantitative estimate of drug-likeness (QED) is 0.832. The van der Waals surface area contributed by atoms with Gasteiger partial charge >= 0.3 is 6.18 Å². The summed E-state index contributed by atoms with van der Waals surface area (Å²) in [5, 5.41) is 5.60. The Morgan fingerprint density at radius 3 is 2.88 bits per heavy atom. The molecular formula is C16H21F3N2O3. The van der Waals surface area contributed by atoms with Gasteiger partial charge in [-0.2, -0.15) is 13.2 Å². The summed E-state index contributed by atoms with van der Waals surface area (Å²) in [7, 11) is 0. The Kier molecular flexibility index (Phi) is 6.44. The van der Waals surface area contributed by atoms with E-state index in [4.69, 9.17) is 9.47 Å². The van der Waals surface area contributed by atoms with Crippen LogP contribution < -0.4 is 15.4 Å². The molecule has 1 fully saturated rings. The zero-order chi connectivity index (χ0) is 17.6. The van der Waals surface area contributed by atoms with Crippen molar-refractivity contribution in [2.75, 3.05) is 31.6 Å². The maximum absolute atomic E-state index is 12.9. The maximum atomic E-state index is 12.9. The van der Waals surface area contributed by atoms with Gasteiger partial charge in [-0.1, -0.05) is 6.92 Å². The fourth-order valence-electron chi connectivity index (χ4n) is 2.30. The van der Waals surface area contributed by atoms with E-state index in [1.807, 2.05) is 6.92 Å². The average molecular weight is 346 g/mol. The highest BCUT2D eigenvalue weighted by atomic mass is 19.4. The fraction of sp³-hybridized carbons (Fsp3) is 0.562. The van der Waals surface area contributed by atoms with Gasteiger partial charge in [0, 0.05) is 13.1 Å². The highest BCUT2D eigenvalue weighted by molar-refractivity contribution is 5.92. The third kappa shape index (κ3) is 5.38. The minimum absolute atomic E-state index is 0.0204. The van der Waals surface area contributed by atoms with Crippen LogP contribution >= 0.6 is 0 Å². The summed E-state index contributed by atoms with van der Waals surface area (Å²) in [6.07, 6.45) is -4.00. The number of anilines is 1. The van der Waals surface area contributed by atoms with Crippen LogP contribution in [-0.4, -0.2) is 38.3 Å². The second-order valence-corrected chi connectivity index (χ2v) is 5.51. The van der Waals surface area contributed by atoms with E-state index in [-0.39, 0.29) is 24.0 Å². The largest absolute Gasteiger partial charge is 0.491 e. The van der Waals surface area contributed by atoms with E-state index in [0.29, 0.717) is 26.2 Å². The second kappa shape index (κ2) is 8.34. The van der Waals surface area contributed by atoms with Crippen LogP contribution in [0.15, 0.2) is 18.2 Å². The summed E-state index contributed by atoms with van der Waals surface area (Å²) in [4.78, 5) is 12.1. The van der Waals surface area contributed by atoms with Crippen molar-refractivity contribution in [3.63, 3.8) is 0 Å². The van der Waals surface area contributed by atoms with Gasteiger partial charge in [-0.05, 0) is 24.6 Å². The molecule has 2 rings (SSSR count). The Labute approximate surface area is 138 Å². The topological polar surface area (TPSA) is 59.6 Å². The molecule has 1 aliphatic heterocycles. The van der Waals surface area contributed by atoms with Gasteiger partial charge in [0.25, 0.3) is 0 Å². The van der Waals surface area contributed by atoms with Crippen LogP contribution in [0.2, 0.25) is 0 Å². The predicted molar refractivity (Wildman–Crippen MR) is 83.1 cm³/mol. The van der Waals surface area contributed by atoms with Crippen molar-refractivity contribution in [3.05, 3.63) is 23.8 Å². The number of hydrogen-bond acceptors (Lipinski definition) is 4. The number of halogens is 3. The molecule has 1 aromatic rings. The number of morpholine rings is 1. The van der Waals surface area contributed by atoms with Crippen molar-refractivity contribution < 1.29 is 27.4 Å². The first-order valence-electron chi connectivity index (χ1n) is 7.86. The summed E-state index contributed by atoms with van der Waals surface area (Å²) < 4.78 is 49.5. The summed E-state index contributed by atoms with van der Waals surface area (Å²) in [6.45, 7) is 4.00. The average Bonchev–Trinajstić information content (AvgIpc) is 2.53. The summed E-state index contributed by atoms with van der Waals surface area (Å²) in [5.74, 6) is -0.190. The van der Waals surface area contributed by atoms with Gasteiger partial charge in [-0.25, -0.2) is 0 Å². The molecule has 0 saturated carbocycles. The molecule has 1 saturated heterocycles. The smallest absolute Gasteiger partial charge is 0.416 e. The molecule has 1 heterocycles. The molecule has 134 valence electrons. The van der Waals surface area contributed by atoms with Gasteiger partial charge in [0.15, 0.2) is 0 Å². The molecule has 1 atom stereocenters. The third-order valence-corrected chi connectivity index (χ3v) is 3.46. The Morgan fingerprint density at radius 2 is 2.25 bits per heavy atom. The van der Waals surface area contributed by atoms with E-state index < -0.39 is 17.6 Å². The molecule has 5 nitrogen and oxygen atoms in total. The zero-order valence-corrected chi connectivity index (χ0v) is 13.4. The minimum Gasteiger partial charge on any atom is -0.491 e. The molecule has 0 spiro atoms. The van der Waals surface area contributed by atoms with Gasteiger partial charge in [0.1, 0.15) is 5.75 Å². The van der Waals surface area contributed by atoms with Gasteiger partial charge in [0.05, 0.1) is 37.0 Å². The lowest BCUT2D eigenvalue weighted by Crippen LogP contribution is -2.40. The van der Waals surface area contributed by atoms with E-state index in [0.717, 1.165) is 18.7 Å². The van der Waals surface area contributed by atoms with Gasteiger partial charge in [-0.15, -0.1) is 0 Å². The van der Waals surface area contributed by atoms with Crippen molar-refractivity contribution in [2.24, 2.45) is 0 Å². The summed E-state index contributed by atoms with van der Waals surface area (Å²) in [6, 6.07) is 3.06. The first-order valence-corrected chi connectivity index (χ1v) is 7.86. The predicted octanol–water partition coefficient (Wildman–Crippen LogP) is 2.81. The van der Waals surface area contributed by atoms with Crippen LogP contribution in [0.1, 0.15) is 25.3 Å². The first kappa shape index (κ1) is 18.5. The van der Waals surface area contributed by atoms with Crippen molar-refractivity contribution in [2.45, 2.75) is 32.0 Å². The van der Waals surface area contributed by atoms with E-state index in [1.165, 1.54) is 6.07 Å². The lowest BCUT2D eigenvalue weighted by atomic mass is 10.1. The Morgan fingerprint density at radius 1 is 1.46 bits per heavy atom. The van der Waals surface area contributed by atoms with Gasteiger partial charge in [-0.3, -0.25) is 4.79 Å². The number of amides is 1. The van der Waals surface area contributed by atoms with Crippen LogP contribution in [-0.2, 0) is 15.7 Å². The van der Waals surface area contributed by atoms with Crippen molar-refractivity contribution in [1.29, 1.82) is 0 Å². The molecule has 0 radical (unpaired) electrons. The number of ether oxygens (including phenoxy) is 2. The Balaban J connectivity index is 2.10. The SMILES string of the molecule is CCCOc1ccc(C(F)(F)F)cc1NC(=O)C[C@@H]1CNCCO1. The number of carbonyl (C=O) groups excluding carboxylic acids is 1. The number of carbonyl (C=O) groups is 1. The summed E-state index contributed by atoms with van der Waals surface area (Å²) >= 11 is 0. The van der Waals surface area contributed by atoms with Crippen LogP contribution in [0.3, 0.4) is 0 Å². The van der Waals surface area contributed by atoms with Crippen LogP contribution in [0, 0.1) is 0 Å². The molecule has 0 aliphatic carbocycles. The Hall–Kier alpha value is -1.80. The van der Waals surface area contributed by atoms with Gasteiger partial charge in [0.2, 0.25) is 5.91 Å². The molecule has 0 unspecified atom stereocenters. The molecule has 0 bridgehead atoms. The van der Waals surface area contributed by atoms with E-state index >= 15 is 0 Å². The molecule has 0 aromatic heterocycles. The molecule has 2 N–H and O–H groups in total. The minimum atomic E-state index is -4.49. The number of hydrogen-bond donors (Lipinski definition) is 2. The number of rotatable bonds is 6. The maximum Gasteiger partial charge on any atom is 0.416 e. The highest BCUT2D eigenvalue weighted by Gasteiger charge is 2.31. The Bertz CT molecular complexity index is 558. The summed E-state index contributed by atoms with van der Waals surface area (Å²) in [5.41, 5.74) is -0.815. The van der Waals surface area contributed by atoms with E-state index in [1.54, 1.807) is 0 Å². The second-order valence-electron chi connectivity index (χ2n) is 5.51. The van der Waals surface area contributed by atoms with Crippen LogP contribution in [0.5, 0.6) is 5.75 Å². The van der Waals surface area contributed by atoms with E-state index in [9.17, 15) is 18.0 Å². The first-order chi connectivity index (χ1) is 11.4. The fourth-order valence-corrected chi connectivity index (χ4v) is 2.30.